The zero-order valence-corrected chi connectivity index (χ0v) is 13.8. The molecule has 1 atom stereocenters. The van der Waals surface area contributed by atoms with Gasteiger partial charge in [-0.05, 0) is 38.0 Å². The smallest absolute Gasteiger partial charge is 0.298 e. The minimum absolute atomic E-state index is 0.474. The predicted octanol–water partition coefficient (Wildman–Crippen LogP) is 3.83. The van der Waals surface area contributed by atoms with Gasteiger partial charge in [-0.1, -0.05) is 12.1 Å². The van der Waals surface area contributed by atoms with Crippen molar-refractivity contribution < 1.29 is 9.15 Å². The van der Waals surface area contributed by atoms with Crippen LogP contribution in [0.2, 0.25) is 0 Å². The number of hydrogen-bond donors (Lipinski definition) is 0. The molecule has 1 aliphatic heterocycles. The number of piperidine rings is 1. The molecule has 3 aromatic rings. The average molecular weight is 323 g/mol. The SMILES string of the molecule is Cc1cc(OCC2CCCN(c3nc4ccccc4o3)C2)ccn1. The molecular weight excluding hydrogens is 302 g/mol. The van der Waals surface area contributed by atoms with Crippen LogP contribution in [0.1, 0.15) is 18.5 Å². The second-order valence-electron chi connectivity index (χ2n) is 6.36. The van der Waals surface area contributed by atoms with E-state index >= 15 is 0 Å². The summed E-state index contributed by atoms with van der Waals surface area (Å²) < 4.78 is 11.9. The van der Waals surface area contributed by atoms with Crippen molar-refractivity contribution in [2.75, 3.05) is 24.6 Å². The summed E-state index contributed by atoms with van der Waals surface area (Å²) in [5, 5.41) is 0. The van der Waals surface area contributed by atoms with Crippen LogP contribution in [-0.2, 0) is 0 Å². The van der Waals surface area contributed by atoms with Crippen LogP contribution in [0, 0.1) is 12.8 Å². The predicted molar refractivity (Wildman–Crippen MR) is 93.4 cm³/mol. The molecule has 1 unspecified atom stereocenters. The number of benzene rings is 1. The molecule has 5 nitrogen and oxygen atoms in total. The second-order valence-corrected chi connectivity index (χ2v) is 6.36. The van der Waals surface area contributed by atoms with Gasteiger partial charge in [0.1, 0.15) is 11.3 Å². The number of oxazole rings is 1. The maximum absolute atomic E-state index is 5.95. The van der Waals surface area contributed by atoms with Crippen LogP contribution < -0.4 is 9.64 Å². The van der Waals surface area contributed by atoms with Crippen molar-refractivity contribution in [1.29, 1.82) is 0 Å². The largest absolute Gasteiger partial charge is 0.493 e. The van der Waals surface area contributed by atoms with Gasteiger partial charge in [0.05, 0.1) is 6.61 Å². The molecular formula is C19H21N3O2. The molecule has 4 rings (SSSR count). The van der Waals surface area contributed by atoms with E-state index in [1.54, 1.807) is 6.20 Å². The standard InChI is InChI=1S/C19H21N3O2/c1-14-11-16(8-9-20-14)23-13-15-5-4-10-22(12-15)19-21-17-6-2-3-7-18(17)24-19/h2-3,6-9,11,15H,4-5,10,12-13H2,1H3. The molecule has 0 radical (unpaired) electrons. The van der Waals surface area contributed by atoms with E-state index in [-0.39, 0.29) is 0 Å². The van der Waals surface area contributed by atoms with Crippen molar-refractivity contribution in [1.82, 2.24) is 9.97 Å². The third-order valence-corrected chi connectivity index (χ3v) is 4.43. The molecule has 1 fully saturated rings. The van der Waals surface area contributed by atoms with Gasteiger partial charge in [-0.3, -0.25) is 4.98 Å². The van der Waals surface area contributed by atoms with E-state index in [0.717, 1.165) is 48.1 Å². The number of aromatic nitrogens is 2. The Hall–Kier alpha value is -2.56. The number of ether oxygens (including phenoxy) is 1. The maximum atomic E-state index is 5.95. The first-order valence-corrected chi connectivity index (χ1v) is 8.44. The van der Waals surface area contributed by atoms with Crippen LogP contribution in [0.15, 0.2) is 47.0 Å². The Bertz CT molecular complexity index is 797. The Kier molecular flexibility index (Phi) is 4.07. The Labute approximate surface area is 141 Å². The molecule has 124 valence electrons. The monoisotopic (exact) mass is 323 g/mol. The minimum atomic E-state index is 0.474. The van der Waals surface area contributed by atoms with Gasteiger partial charge in [-0.25, -0.2) is 0 Å². The number of fused-ring (bicyclic) bond motifs is 1. The zero-order valence-electron chi connectivity index (χ0n) is 13.8. The topological polar surface area (TPSA) is 51.4 Å². The Morgan fingerprint density at radius 1 is 1.29 bits per heavy atom. The van der Waals surface area contributed by atoms with Crippen LogP contribution in [-0.4, -0.2) is 29.7 Å². The van der Waals surface area contributed by atoms with Crippen LogP contribution in [0.25, 0.3) is 11.1 Å². The van der Waals surface area contributed by atoms with Crippen molar-refractivity contribution in [2.24, 2.45) is 5.92 Å². The first-order valence-electron chi connectivity index (χ1n) is 8.44. The average Bonchev–Trinajstić information content (AvgIpc) is 3.05. The number of hydrogen-bond acceptors (Lipinski definition) is 5. The molecule has 24 heavy (non-hydrogen) atoms. The summed E-state index contributed by atoms with van der Waals surface area (Å²) in [4.78, 5) is 11.0. The molecule has 1 aromatic carbocycles. The molecule has 0 saturated carbocycles. The van der Waals surface area contributed by atoms with E-state index in [2.05, 4.69) is 14.9 Å². The lowest BCUT2D eigenvalue weighted by Gasteiger charge is -2.31. The maximum Gasteiger partial charge on any atom is 0.298 e. The number of pyridine rings is 1. The van der Waals surface area contributed by atoms with Crippen LogP contribution >= 0.6 is 0 Å². The summed E-state index contributed by atoms with van der Waals surface area (Å²) in [7, 11) is 0. The summed E-state index contributed by atoms with van der Waals surface area (Å²) >= 11 is 0. The van der Waals surface area contributed by atoms with Gasteiger partial charge in [0, 0.05) is 37.0 Å². The lowest BCUT2D eigenvalue weighted by molar-refractivity contribution is 0.226. The van der Waals surface area contributed by atoms with Gasteiger partial charge >= 0.3 is 0 Å². The Morgan fingerprint density at radius 3 is 3.08 bits per heavy atom. The Balaban J connectivity index is 1.41. The fourth-order valence-electron chi connectivity index (χ4n) is 3.19. The molecule has 3 heterocycles. The van der Waals surface area contributed by atoms with Crippen LogP contribution in [0.4, 0.5) is 6.01 Å². The van der Waals surface area contributed by atoms with Crippen LogP contribution in [0.3, 0.4) is 0 Å². The van der Waals surface area contributed by atoms with Crippen molar-refractivity contribution in [3.05, 3.63) is 48.3 Å². The van der Waals surface area contributed by atoms with Gasteiger partial charge in [0.2, 0.25) is 0 Å². The summed E-state index contributed by atoms with van der Waals surface area (Å²) in [6, 6.07) is 12.5. The lowest BCUT2D eigenvalue weighted by atomic mass is 9.99. The molecule has 0 spiro atoms. The highest BCUT2D eigenvalue weighted by molar-refractivity contribution is 5.74. The first-order chi connectivity index (χ1) is 11.8. The normalized spacial score (nSPS) is 18.0. The molecule has 0 aliphatic carbocycles. The number of para-hydroxylation sites is 2. The molecule has 0 N–H and O–H groups in total. The van der Waals surface area contributed by atoms with Gasteiger partial charge in [-0.15, -0.1) is 0 Å². The van der Waals surface area contributed by atoms with Gasteiger partial charge in [0.15, 0.2) is 5.58 Å². The molecule has 5 heteroatoms. The van der Waals surface area contributed by atoms with Gasteiger partial charge < -0.3 is 14.1 Å². The number of nitrogens with zero attached hydrogens (tertiary/aromatic N) is 3. The summed E-state index contributed by atoms with van der Waals surface area (Å²) in [5.74, 6) is 1.36. The molecule has 1 aliphatic rings. The molecule has 1 saturated heterocycles. The van der Waals surface area contributed by atoms with Crippen molar-refractivity contribution in [3.63, 3.8) is 0 Å². The first kappa shape index (κ1) is 15.0. The fraction of sp³-hybridized carbons (Fsp3) is 0.368. The van der Waals surface area contributed by atoms with E-state index in [0.29, 0.717) is 12.5 Å². The minimum Gasteiger partial charge on any atom is -0.493 e. The highest BCUT2D eigenvalue weighted by Gasteiger charge is 2.24. The quantitative estimate of drug-likeness (QED) is 0.730. The third kappa shape index (κ3) is 3.20. The number of aryl methyl sites for hydroxylation is 1. The Morgan fingerprint density at radius 2 is 2.21 bits per heavy atom. The summed E-state index contributed by atoms with van der Waals surface area (Å²) in [5.41, 5.74) is 2.74. The van der Waals surface area contributed by atoms with E-state index in [4.69, 9.17) is 9.15 Å². The summed E-state index contributed by atoms with van der Waals surface area (Å²) in [6.45, 7) is 4.58. The zero-order chi connectivity index (χ0) is 16.4. The second kappa shape index (κ2) is 6.51. The van der Waals surface area contributed by atoms with Gasteiger partial charge in [-0.2, -0.15) is 4.98 Å². The van der Waals surface area contributed by atoms with Gasteiger partial charge in [0.25, 0.3) is 6.01 Å². The lowest BCUT2D eigenvalue weighted by Crippen LogP contribution is -2.37. The molecule has 0 amide bonds. The molecule has 0 bridgehead atoms. The fourth-order valence-corrected chi connectivity index (χ4v) is 3.19. The van der Waals surface area contributed by atoms with Crippen molar-refractivity contribution >= 4 is 17.1 Å². The van der Waals surface area contributed by atoms with E-state index < -0.39 is 0 Å². The molecule has 2 aromatic heterocycles. The van der Waals surface area contributed by atoms with Crippen molar-refractivity contribution in [3.8, 4) is 5.75 Å². The van der Waals surface area contributed by atoms with Crippen LogP contribution in [0.5, 0.6) is 5.75 Å². The van der Waals surface area contributed by atoms with E-state index in [9.17, 15) is 0 Å². The number of rotatable bonds is 4. The highest BCUT2D eigenvalue weighted by atomic mass is 16.5. The number of anilines is 1. The summed E-state index contributed by atoms with van der Waals surface area (Å²) in [6.07, 6.45) is 4.08. The third-order valence-electron chi connectivity index (χ3n) is 4.43. The van der Waals surface area contributed by atoms with E-state index in [1.165, 1.54) is 6.42 Å². The highest BCUT2D eigenvalue weighted by Crippen LogP contribution is 2.26. The van der Waals surface area contributed by atoms with E-state index in [1.807, 2.05) is 43.3 Å². The van der Waals surface area contributed by atoms with Crippen molar-refractivity contribution in [2.45, 2.75) is 19.8 Å².